The van der Waals surface area contributed by atoms with Gasteiger partial charge in [-0.05, 0) is 63.4 Å². The molecular formula is C32H31FN4O2S. The van der Waals surface area contributed by atoms with E-state index >= 15 is 4.39 Å². The Balaban J connectivity index is 1.65. The number of carbonyl (C=O) groups excluding carboxylic acids is 2. The normalized spacial score (nSPS) is 14.9. The van der Waals surface area contributed by atoms with Crippen LogP contribution in [-0.2, 0) is 9.59 Å². The number of nitriles is 1. The van der Waals surface area contributed by atoms with Gasteiger partial charge in [0.25, 0.3) is 5.91 Å². The minimum Gasteiger partial charge on any atom is -0.353 e. The maximum atomic E-state index is 15.1. The fourth-order valence-corrected chi connectivity index (χ4v) is 5.83. The molecule has 0 aromatic heterocycles. The highest BCUT2D eigenvalue weighted by atomic mass is 32.2. The first-order valence-electron chi connectivity index (χ1n) is 12.8. The Kier molecular flexibility index (Phi) is 8.76. The lowest BCUT2D eigenvalue weighted by atomic mass is 9.82. The molecule has 8 heteroatoms. The van der Waals surface area contributed by atoms with Gasteiger partial charge in [0.15, 0.2) is 0 Å². The highest BCUT2D eigenvalue weighted by molar-refractivity contribution is 8.03. The van der Waals surface area contributed by atoms with Crippen LogP contribution in [0.2, 0.25) is 0 Å². The number of hydrogen-bond acceptors (Lipinski definition) is 5. The van der Waals surface area contributed by atoms with Gasteiger partial charge in [-0.15, -0.1) is 0 Å². The summed E-state index contributed by atoms with van der Waals surface area (Å²) in [4.78, 5) is 26.5. The second kappa shape index (κ2) is 12.2. The molecule has 4 rings (SSSR count). The van der Waals surface area contributed by atoms with Gasteiger partial charge in [0.1, 0.15) is 5.82 Å². The first kappa shape index (κ1) is 28.7. The molecule has 3 N–H and O–H groups in total. The van der Waals surface area contributed by atoms with Gasteiger partial charge in [0.05, 0.1) is 28.3 Å². The van der Waals surface area contributed by atoms with Crippen molar-refractivity contribution in [3.05, 3.63) is 116 Å². The number of nitrogens with zero attached hydrogens (tertiary/aromatic N) is 1. The van der Waals surface area contributed by atoms with E-state index in [1.165, 1.54) is 6.07 Å². The summed E-state index contributed by atoms with van der Waals surface area (Å²) in [6.07, 6.45) is 0. The van der Waals surface area contributed by atoms with Crippen molar-refractivity contribution in [1.29, 1.82) is 5.26 Å². The van der Waals surface area contributed by atoms with E-state index in [9.17, 15) is 14.9 Å². The van der Waals surface area contributed by atoms with Crippen LogP contribution in [0, 0.1) is 44.8 Å². The predicted octanol–water partition coefficient (Wildman–Crippen LogP) is 6.77. The zero-order valence-corrected chi connectivity index (χ0v) is 23.9. The van der Waals surface area contributed by atoms with E-state index in [2.05, 4.69) is 22.0 Å². The van der Waals surface area contributed by atoms with Crippen LogP contribution in [0.15, 0.2) is 82.5 Å². The molecule has 0 fully saturated rings. The molecule has 1 heterocycles. The Morgan fingerprint density at radius 1 is 0.950 bits per heavy atom. The van der Waals surface area contributed by atoms with Crippen LogP contribution in [0.5, 0.6) is 0 Å². The molecule has 0 unspecified atom stereocenters. The molecular weight excluding hydrogens is 523 g/mol. The van der Waals surface area contributed by atoms with E-state index < -0.39 is 17.6 Å². The van der Waals surface area contributed by atoms with Gasteiger partial charge in [-0.2, -0.15) is 5.26 Å². The molecule has 0 bridgehead atoms. The number of hydrogen-bond donors (Lipinski definition) is 3. The first-order chi connectivity index (χ1) is 19.1. The van der Waals surface area contributed by atoms with Crippen LogP contribution in [0.1, 0.15) is 40.7 Å². The lowest BCUT2D eigenvalue weighted by Crippen LogP contribution is -2.31. The number of thioether (sulfide) groups is 1. The Morgan fingerprint density at radius 3 is 2.25 bits per heavy atom. The number of nitrogens with one attached hydrogen (secondary N) is 3. The van der Waals surface area contributed by atoms with E-state index in [1.54, 1.807) is 31.2 Å². The molecule has 204 valence electrons. The van der Waals surface area contributed by atoms with Gasteiger partial charge in [0, 0.05) is 28.2 Å². The van der Waals surface area contributed by atoms with Crippen LogP contribution in [0.4, 0.5) is 15.8 Å². The lowest BCUT2D eigenvalue weighted by molar-refractivity contribution is -0.114. The molecule has 3 aromatic carbocycles. The average Bonchev–Trinajstić information content (AvgIpc) is 2.90. The second-order valence-electron chi connectivity index (χ2n) is 9.85. The summed E-state index contributed by atoms with van der Waals surface area (Å²) < 4.78 is 15.1. The smallest absolute Gasteiger partial charge is 0.254 e. The minimum absolute atomic E-state index is 0.0162. The number of carbonyl (C=O) groups is 2. The summed E-state index contributed by atoms with van der Waals surface area (Å²) in [6.45, 7) is 9.49. The maximum absolute atomic E-state index is 15.1. The van der Waals surface area contributed by atoms with E-state index in [4.69, 9.17) is 0 Å². The molecule has 2 amide bonds. The molecule has 0 saturated heterocycles. The van der Waals surface area contributed by atoms with Crippen molar-refractivity contribution in [3.63, 3.8) is 0 Å². The molecule has 0 aliphatic carbocycles. The zero-order chi connectivity index (χ0) is 29.0. The molecule has 40 heavy (non-hydrogen) atoms. The number of aryl methyl sites for hydroxylation is 4. The summed E-state index contributed by atoms with van der Waals surface area (Å²) in [5.74, 6) is -2.14. The lowest BCUT2D eigenvalue weighted by Gasteiger charge is -2.30. The standard InChI is InChI=1S/C32H31FN4O2S/c1-18-14-20(3)30(21(4)15-18)37-27(38)17-40-32-24(16-34)29(23-11-7-8-12-25(23)33)28(22(5)35-32)31(39)36-26-13-9-6-10-19(26)2/h6-15,29,35H,17H2,1-5H3,(H,36,39)(H,37,38)/t29-/m0/s1. The van der Waals surface area contributed by atoms with Crippen LogP contribution in [-0.4, -0.2) is 17.6 Å². The largest absolute Gasteiger partial charge is 0.353 e. The van der Waals surface area contributed by atoms with E-state index in [0.717, 1.165) is 39.7 Å². The molecule has 0 spiro atoms. The number of allylic oxidation sites excluding steroid dienone is 2. The minimum atomic E-state index is -0.955. The van der Waals surface area contributed by atoms with Gasteiger partial charge in [0.2, 0.25) is 5.91 Å². The van der Waals surface area contributed by atoms with Crippen molar-refractivity contribution in [2.24, 2.45) is 0 Å². The average molecular weight is 555 g/mol. The monoisotopic (exact) mass is 554 g/mol. The molecule has 1 atom stereocenters. The molecule has 0 saturated carbocycles. The van der Waals surface area contributed by atoms with E-state index in [0.29, 0.717) is 16.4 Å². The molecule has 3 aromatic rings. The second-order valence-corrected chi connectivity index (χ2v) is 10.8. The van der Waals surface area contributed by atoms with Crippen molar-refractivity contribution in [3.8, 4) is 6.07 Å². The van der Waals surface area contributed by atoms with Crippen molar-refractivity contribution in [1.82, 2.24) is 5.32 Å². The van der Waals surface area contributed by atoms with Crippen LogP contribution < -0.4 is 16.0 Å². The van der Waals surface area contributed by atoms with Crippen molar-refractivity contribution < 1.29 is 14.0 Å². The Morgan fingerprint density at radius 2 is 1.60 bits per heavy atom. The third-order valence-corrected chi connectivity index (χ3v) is 7.81. The van der Waals surface area contributed by atoms with Crippen LogP contribution >= 0.6 is 11.8 Å². The number of benzene rings is 3. The first-order valence-corrected chi connectivity index (χ1v) is 13.8. The summed E-state index contributed by atoms with van der Waals surface area (Å²) in [5.41, 5.74) is 6.40. The van der Waals surface area contributed by atoms with Gasteiger partial charge in [-0.1, -0.05) is 65.9 Å². The number of halogens is 1. The third kappa shape index (κ3) is 6.11. The topological polar surface area (TPSA) is 94.0 Å². The maximum Gasteiger partial charge on any atom is 0.254 e. The van der Waals surface area contributed by atoms with Gasteiger partial charge in [-0.25, -0.2) is 4.39 Å². The quantitative estimate of drug-likeness (QED) is 0.300. The van der Waals surface area contributed by atoms with Gasteiger partial charge >= 0.3 is 0 Å². The molecule has 1 aliphatic rings. The highest BCUT2D eigenvalue weighted by Crippen LogP contribution is 2.42. The summed E-state index contributed by atoms with van der Waals surface area (Å²) in [7, 11) is 0. The van der Waals surface area contributed by atoms with Crippen LogP contribution in [0.25, 0.3) is 0 Å². The Bertz CT molecular complexity index is 1580. The number of para-hydroxylation sites is 1. The van der Waals surface area contributed by atoms with E-state index in [-0.39, 0.29) is 28.4 Å². The SMILES string of the molecule is CC1=C(C(=O)Nc2ccccc2C)[C@@H](c2ccccc2F)C(C#N)=C(SCC(=O)Nc2c(C)cc(C)cc2C)N1. The number of rotatable bonds is 7. The van der Waals surface area contributed by atoms with Crippen molar-refractivity contribution in [2.45, 2.75) is 40.5 Å². The predicted molar refractivity (Wildman–Crippen MR) is 159 cm³/mol. The molecule has 0 radical (unpaired) electrons. The third-order valence-electron chi connectivity index (χ3n) is 6.79. The number of anilines is 2. The van der Waals surface area contributed by atoms with E-state index in [1.807, 2.05) is 58.0 Å². The summed E-state index contributed by atoms with van der Waals surface area (Å²) in [6, 6.07) is 19.7. The summed E-state index contributed by atoms with van der Waals surface area (Å²) in [5, 5.41) is 19.7. The highest BCUT2D eigenvalue weighted by Gasteiger charge is 2.36. The zero-order valence-electron chi connectivity index (χ0n) is 23.1. The fourth-order valence-electron chi connectivity index (χ4n) is 4.94. The van der Waals surface area contributed by atoms with Crippen molar-refractivity contribution in [2.75, 3.05) is 16.4 Å². The number of amides is 2. The van der Waals surface area contributed by atoms with Gasteiger partial charge < -0.3 is 16.0 Å². The summed E-state index contributed by atoms with van der Waals surface area (Å²) >= 11 is 1.15. The van der Waals surface area contributed by atoms with Gasteiger partial charge in [-0.3, -0.25) is 9.59 Å². The van der Waals surface area contributed by atoms with Crippen molar-refractivity contribution >= 4 is 35.0 Å². The molecule has 6 nitrogen and oxygen atoms in total. The van der Waals surface area contributed by atoms with Crippen LogP contribution in [0.3, 0.4) is 0 Å². The Hall–Kier alpha value is -4.35. The Labute approximate surface area is 238 Å². The fraction of sp³-hybridized carbons (Fsp3) is 0.219. The number of dihydropyridines is 1. The molecule has 1 aliphatic heterocycles.